The molecule has 0 radical (unpaired) electrons. The van der Waals surface area contributed by atoms with Crippen LogP contribution in [0, 0.1) is 4.91 Å². The summed E-state index contributed by atoms with van der Waals surface area (Å²) in [5.74, 6) is 0. The number of carbonyl (C=O) groups excluding carboxylic acids is 1. The number of anilines is 1. The van der Waals surface area contributed by atoms with Gasteiger partial charge in [0.05, 0.1) is 5.29 Å². The van der Waals surface area contributed by atoms with Crippen LogP contribution in [0.4, 0.5) is 10.5 Å². The number of urea groups is 1. The predicted octanol–water partition coefficient (Wildman–Crippen LogP) is 2.22. The fourth-order valence-corrected chi connectivity index (χ4v) is 0.948. The number of carbonyl (C=O) groups is 1. The van der Waals surface area contributed by atoms with E-state index in [-0.39, 0.29) is 6.54 Å². The molecule has 74 valence electrons. The van der Waals surface area contributed by atoms with Crippen molar-refractivity contribution in [3.05, 3.63) is 35.2 Å². The molecule has 14 heavy (non-hydrogen) atoms. The van der Waals surface area contributed by atoms with Crippen molar-refractivity contribution in [2.24, 2.45) is 5.29 Å². The van der Waals surface area contributed by atoms with Gasteiger partial charge in [-0.15, -0.1) is 4.91 Å². The first-order valence-corrected chi connectivity index (χ1v) is 4.24. The molecule has 1 rings (SSSR count). The average molecular weight is 193 g/mol. The molecule has 1 aromatic carbocycles. The molecule has 5 heteroatoms. The van der Waals surface area contributed by atoms with E-state index >= 15 is 0 Å². The van der Waals surface area contributed by atoms with E-state index in [2.05, 4.69) is 10.6 Å². The number of hydrogen-bond donors (Lipinski definition) is 1. The number of para-hydroxylation sites is 1. The van der Waals surface area contributed by atoms with Crippen molar-refractivity contribution in [3.8, 4) is 0 Å². The van der Waals surface area contributed by atoms with Crippen molar-refractivity contribution in [2.45, 2.75) is 6.92 Å². The third kappa shape index (κ3) is 2.55. The maximum absolute atomic E-state index is 11.3. The lowest BCUT2D eigenvalue weighted by Gasteiger charge is -2.11. The second-order valence-electron chi connectivity index (χ2n) is 2.59. The molecule has 1 aromatic rings. The number of hydrogen-bond acceptors (Lipinski definition) is 3. The van der Waals surface area contributed by atoms with Crippen LogP contribution < -0.4 is 5.32 Å². The Morgan fingerprint density at radius 2 is 2.07 bits per heavy atom. The first-order chi connectivity index (χ1) is 6.77. The number of nitrogens with one attached hydrogen (secondary N) is 1. The fraction of sp³-hybridized carbons (Fsp3) is 0.222. The summed E-state index contributed by atoms with van der Waals surface area (Å²) >= 11 is 0. The number of nitrogens with zero attached hydrogens (tertiary/aromatic N) is 2. The third-order valence-electron chi connectivity index (χ3n) is 1.66. The van der Waals surface area contributed by atoms with E-state index in [9.17, 15) is 9.70 Å². The standard InChI is InChI=1S/C9H11N3O2/c1-2-12(11-14)9(13)10-8-6-4-3-5-7-8/h3-7H,2H2,1H3,(H,10,13). The van der Waals surface area contributed by atoms with Crippen molar-refractivity contribution in [3.63, 3.8) is 0 Å². The van der Waals surface area contributed by atoms with Gasteiger partial charge in [-0.25, -0.2) is 4.79 Å². The maximum Gasteiger partial charge on any atom is 0.344 e. The Hall–Kier alpha value is -1.91. The Labute approximate surface area is 81.7 Å². The summed E-state index contributed by atoms with van der Waals surface area (Å²) in [6.45, 7) is 1.92. The maximum atomic E-state index is 11.3. The Morgan fingerprint density at radius 1 is 1.43 bits per heavy atom. The molecule has 0 atom stereocenters. The molecule has 0 saturated heterocycles. The Balaban J connectivity index is 2.61. The second kappa shape index (κ2) is 4.96. The van der Waals surface area contributed by atoms with Gasteiger partial charge in [0, 0.05) is 12.2 Å². The highest BCUT2D eigenvalue weighted by molar-refractivity contribution is 5.88. The zero-order valence-electron chi connectivity index (χ0n) is 7.80. The first kappa shape index (κ1) is 10.2. The SMILES string of the molecule is CCN(N=O)C(=O)Nc1ccccc1. The predicted molar refractivity (Wildman–Crippen MR) is 53.6 cm³/mol. The smallest absolute Gasteiger partial charge is 0.306 e. The van der Waals surface area contributed by atoms with Crippen LogP contribution in [-0.4, -0.2) is 17.6 Å². The van der Waals surface area contributed by atoms with Crippen molar-refractivity contribution >= 4 is 11.7 Å². The highest BCUT2D eigenvalue weighted by Gasteiger charge is 2.10. The number of rotatable bonds is 3. The van der Waals surface area contributed by atoms with Crippen LogP contribution in [0.15, 0.2) is 35.6 Å². The summed E-state index contributed by atoms with van der Waals surface area (Å²) in [6, 6.07) is 8.37. The number of nitroso groups, excluding NO2 is 1. The molecule has 2 amide bonds. The van der Waals surface area contributed by atoms with Gasteiger partial charge in [0.15, 0.2) is 0 Å². The van der Waals surface area contributed by atoms with Crippen molar-refractivity contribution in [2.75, 3.05) is 11.9 Å². The quantitative estimate of drug-likeness (QED) is 0.591. The van der Waals surface area contributed by atoms with Gasteiger partial charge >= 0.3 is 6.03 Å². The van der Waals surface area contributed by atoms with Crippen LogP contribution in [0.1, 0.15) is 6.92 Å². The van der Waals surface area contributed by atoms with Gasteiger partial charge in [-0.3, -0.25) is 0 Å². The lowest BCUT2D eigenvalue weighted by Crippen LogP contribution is -2.29. The summed E-state index contributed by atoms with van der Waals surface area (Å²) in [6.07, 6.45) is 0. The van der Waals surface area contributed by atoms with Gasteiger partial charge in [-0.1, -0.05) is 18.2 Å². The zero-order chi connectivity index (χ0) is 10.4. The average Bonchev–Trinajstić information content (AvgIpc) is 2.21. The zero-order valence-corrected chi connectivity index (χ0v) is 7.80. The van der Waals surface area contributed by atoms with E-state index in [0.717, 1.165) is 5.01 Å². The summed E-state index contributed by atoms with van der Waals surface area (Å²) in [7, 11) is 0. The Bertz CT molecular complexity index is 313. The van der Waals surface area contributed by atoms with E-state index in [0.29, 0.717) is 5.69 Å². The van der Waals surface area contributed by atoms with E-state index in [1.807, 2.05) is 6.07 Å². The van der Waals surface area contributed by atoms with Gasteiger partial charge in [-0.2, -0.15) is 5.01 Å². The second-order valence-corrected chi connectivity index (χ2v) is 2.59. The van der Waals surface area contributed by atoms with Gasteiger partial charge in [0.2, 0.25) is 0 Å². The van der Waals surface area contributed by atoms with Gasteiger partial charge < -0.3 is 5.32 Å². The van der Waals surface area contributed by atoms with Gasteiger partial charge in [-0.05, 0) is 19.1 Å². The summed E-state index contributed by atoms with van der Waals surface area (Å²) in [5, 5.41) is 5.92. The summed E-state index contributed by atoms with van der Waals surface area (Å²) in [5.41, 5.74) is 0.639. The fourth-order valence-electron chi connectivity index (χ4n) is 0.948. The molecule has 0 saturated carbocycles. The van der Waals surface area contributed by atoms with Crippen LogP contribution in [0.5, 0.6) is 0 Å². The van der Waals surface area contributed by atoms with E-state index in [4.69, 9.17) is 0 Å². The largest absolute Gasteiger partial charge is 0.344 e. The normalized spacial score (nSPS) is 9.21. The van der Waals surface area contributed by atoms with Crippen LogP contribution >= 0.6 is 0 Å². The van der Waals surface area contributed by atoms with E-state index in [1.54, 1.807) is 31.2 Å². The highest BCUT2D eigenvalue weighted by atomic mass is 16.3. The molecule has 0 spiro atoms. The molecular weight excluding hydrogens is 182 g/mol. The van der Waals surface area contributed by atoms with Crippen LogP contribution in [-0.2, 0) is 0 Å². The topological polar surface area (TPSA) is 61.8 Å². The van der Waals surface area contributed by atoms with Crippen molar-refractivity contribution in [1.29, 1.82) is 0 Å². The number of amides is 2. The third-order valence-corrected chi connectivity index (χ3v) is 1.66. The molecule has 0 aliphatic rings. The minimum Gasteiger partial charge on any atom is -0.306 e. The molecule has 0 fully saturated rings. The summed E-state index contributed by atoms with van der Waals surface area (Å²) in [4.78, 5) is 21.5. The minimum atomic E-state index is -0.520. The molecule has 0 aliphatic carbocycles. The Morgan fingerprint density at radius 3 is 2.57 bits per heavy atom. The first-order valence-electron chi connectivity index (χ1n) is 4.24. The molecule has 1 N–H and O–H groups in total. The van der Waals surface area contributed by atoms with Gasteiger partial charge in [0.25, 0.3) is 0 Å². The molecule has 0 heterocycles. The minimum absolute atomic E-state index is 0.252. The molecule has 0 bridgehead atoms. The van der Waals surface area contributed by atoms with Crippen LogP contribution in [0.2, 0.25) is 0 Å². The molecule has 0 aromatic heterocycles. The molecule has 0 aliphatic heterocycles. The molecular formula is C9H11N3O2. The van der Waals surface area contributed by atoms with Crippen molar-refractivity contribution < 1.29 is 4.79 Å². The highest BCUT2D eigenvalue weighted by Crippen LogP contribution is 2.06. The Kier molecular flexibility index (Phi) is 3.60. The molecule has 0 unspecified atom stereocenters. The lowest BCUT2D eigenvalue weighted by molar-refractivity contribution is 0.216. The monoisotopic (exact) mass is 193 g/mol. The lowest BCUT2D eigenvalue weighted by atomic mass is 10.3. The summed E-state index contributed by atoms with van der Waals surface area (Å²) < 4.78 is 0. The number of benzene rings is 1. The van der Waals surface area contributed by atoms with E-state index < -0.39 is 6.03 Å². The van der Waals surface area contributed by atoms with Crippen LogP contribution in [0.3, 0.4) is 0 Å². The van der Waals surface area contributed by atoms with E-state index in [1.165, 1.54) is 0 Å². The van der Waals surface area contributed by atoms with Gasteiger partial charge in [0.1, 0.15) is 0 Å². The van der Waals surface area contributed by atoms with Crippen molar-refractivity contribution in [1.82, 2.24) is 5.01 Å². The molecule has 5 nitrogen and oxygen atoms in total. The van der Waals surface area contributed by atoms with Crippen LogP contribution in [0.25, 0.3) is 0 Å².